The first kappa shape index (κ1) is 20.6. The van der Waals surface area contributed by atoms with Crippen molar-refractivity contribution in [1.29, 1.82) is 0 Å². The first-order valence-corrected chi connectivity index (χ1v) is 9.79. The summed E-state index contributed by atoms with van der Waals surface area (Å²) in [7, 11) is 0. The maximum Gasteiger partial charge on any atom is 0.573 e. The highest BCUT2D eigenvalue weighted by molar-refractivity contribution is 5.78. The van der Waals surface area contributed by atoms with Crippen molar-refractivity contribution < 1.29 is 22.3 Å². The molecule has 5 rings (SSSR count). The van der Waals surface area contributed by atoms with Gasteiger partial charge in [0.1, 0.15) is 11.3 Å². The molecule has 10 heteroatoms. The first-order valence-electron chi connectivity index (χ1n) is 9.79. The van der Waals surface area contributed by atoms with Crippen LogP contribution in [0.2, 0.25) is 0 Å². The Balaban J connectivity index is 1.73. The van der Waals surface area contributed by atoms with Gasteiger partial charge in [-0.15, -0.1) is 13.2 Å². The van der Waals surface area contributed by atoms with E-state index >= 15 is 0 Å². The summed E-state index contributed by atoms with van der Waals surface area (Å²) in [5, 5.41) is 8.78. The maximum absolute atomic E-state index is 13.2. The summed E-state index contributed by atoms with van der Waals surface area (Å²) >= 11 is 0. The van der Waals surface area contributed by atoms with Gasteiger partial charge in [0.2, 0.25) is 5.58 Å². The number of furan rings is 1. The Labute approximate surface area is 184 Å². The molecule has 0 N–H and O–H groups in total. The molecular weight excluding hydrogens is 437 g/mol. The molecular formula is C23H15F3N4O3. The van der Waals surface area contributed by atoms with Crippen molar-refractivity contribution in [1.82, 2.24) is 19.6 Å². The second-order valence-electron chi connectivity index (χ2n) is 7.19. The van der Waals surface area contributed by atoms with Crippen molar-refractivity contribution >= 4 is 11.1 Å². The lowest BCUT2D eigenvalue weighted by Gasteiger charge is -2.15. The van der Waals surface area contributed by atoms with E-state index in [4.69, 9.17) is 4.42 Å². The number of nitrogens with zero attached hydrogens (tertiary/aromatic N) is 4. The van der Waals surface area contributed by atoms with E-state index in [-0.39, 0.29) is 22.7 Å². The minimum Gasteiger partial charge on any atom is -0.458 e. The molecule has 0 aliphatic carbocycles. The second kappa shape index (κ2) is 7.66. The number of fused-ring (bicyclic) bond motifs is 1. The fourth-order valence-corrected chi connectivity index (χ4v) is 3.52. The van der Waals surface area contributed by atoms with Crippen LogP contribution in [0.3, 0.4) is 0 Å². The molecule has 5 aromatic rings. The number of halogens is 3. The Bertz CT molecular complexity index is 1520. The van der Waals surface area contributed by atoms with Gasteiger partial charge in [-0.05, 0) is 36.8 Å². The highest BCUT2D eigenvalue weighted by atomic mass is 19.4. The summed E-state index contributed by atoms with van der Waals surface area (Å²) < 4.78 is 51.0. The smallest absolute Gasteiger partial charge is 0.458 e. The molecule has 0 aliphatic rings. The third-order valence-corrected chi connectivity index (χ3v) is 5.02. The van der Waals surface area contributed by atoms with Crippen LogP contribution in [0, 0.1) is 6.92 Å². The predicted molar refractivity (Wildman–Crippen MR) is 114 cm³/mol. The molecule has 2 aromatic carbocycles. The molecule has 0 amide bonds. The number of rotatable bonds is 4. The quantitative estimate of drug-likeness (QED) is 0.382. The first-order chi connectivity index (χ1) is 15.8. The molecule has 0 atom stereocenters. The zero-order chi connectivity index (χ0) is 23.2. The van der Waals surface area contributed by atoms with Crippen molar-refractivity contribution in [2.24, 2.45) is 0 Å². The molecule has 0 saturated heterocycles. The number of hydrogen-bond donors (Lipinski definition) is 0. The van der Waals surface area contributed by atoms with Gasteiger partial charge in [-0.3, -0.25) is 4.79 Å². The summed E-state index contributed by atoms with van der Waals surface area (Å²) in [6.45, 7) is 1.50. The molecule has 33 heavy (non-hydrogen) atoms. The molecule has 7 nitrogen and oxygen atoms in total. The number of aryl methyl sites for hydroxylation is 1. The summed E-state index contributed by atoms with van der Waals surface area (Å²) in [6, 6.07) is 16.6. The highest BCUT2D eigenvalue weighted by Crippen LogP contribution is 2.30. The van der Waals surface area contributed by atoms with Crippen molar-refractivity contribution in [3.8, 4) is 28.5 Å². The lowest BCUT2D eigenvalue weighted by atomic mass is 10.2. The lowest BCUT2D eigenvalue weighted by Crippen LogP contribution is -2.19. The van der Waals surface area contributed by atoms with Crippen LogP contribution in [0.25, 0.3) is 33.9 Å². The number of aromatic nitrogens is 4. The largest absolute Gasteiger partial charge is 0.573 e. The Morgan fingerprint density at radius 1 is 0.970 bits per heavy atom. The number of hydrogen-bond acceptors (Lipinski definition) is 5. The van der Waals surface area contributed by atoms with Crippen molar-refractivity contribution in [3.63, 3.8) is 0 Å². The molecule has 3 heterocycles. The SMILES string of the molecule is Cc1ccc(-n2nc(-c3ccnn3-c3ccccc3)c(=O)c3occc32)cc1OC(F)(F)F. The molecule has 0 fully saturated rings. The van der Waals surface area contributed by atoms with E-state index in [0.29, 0.717) is 22.5 Å². The Hall–Kier alpha value is -4.34. The molecule has 3 aromatic heterocycles. The Morgan fingerprint density at radius 2 is 1.76 bits per heavy atom. The van der Waals surface area contributed by atoms with Crippen LogP contribution >= 0.6 is 0 Å². The summed E-state index contributed by atoms with van der Waals surface area (Å²) in [4.78, 5) is 13.2. The van der Waals surface area contributed by atoms with Gasteiger partial charge in [0.05, 0.1) is 29.5 Å². The van der Waals surface area contributed by atoms with E-state index in [1.54, 1.807) is 16.8 Å². The minimum absolute atomic E-state index is 0.0136. The highest BCUT2D eigenvalue weighted by Gasteiger charge is 2.32. The van der Waals surface area contributed by atoms with E-state index < -0.39 is 11.8 Å². The van der Waals surface area contributed by atoms with Gasteiger partial charge in [0.25, 0.3) is 5.43 Å². The van der Waals surface area contributed by atoms with Crippen LogP contribution in [-0.2, 0) is 0 Å². The third-order valence-electron chi connectivity index (χ3n) is 5.02. The molecule has 166 valence electrons. The molecule has 0 bridgehead atoms. The van der Waals surface area contributed by atoms with Gasteiger partial charge in [0, 0.05) is 12.1 Å². The number of alkyl halides is 3. The van der Waals surface area contributed by atoms with Crippen LogP contribution in [0.5, 0.6) is 5.75 Å². The van der Waals surface area contributed by atoms with E-state index in [0.717, 1.165) is 0 Å². The molecule has 0 saturated carbocycles. The topological polar surface area (TPSA) is 75.1 Å². The standard InChI is InChI=1S/C23H15F3N4O3/c1-14-7-8-16(13-19(14)33-23(24,25)26)30-18-10-12-32-22(18)21(31)20(28-30)17-9-11-27-29(17)15-5-3-2-4-6-15/h2-13H,1H3. The van der Waals surface area contributed by atoms with Crippen LogP contribution in [0.1, 0.15) is 5.56 Å². The van der Waals surface area contributed by atoms with Gasteiger partial charge in [-0.2, -0.15) is 10.2 Å². The Kier molecular flexibility index (Phi) is 4.77. The third kappa shape index (κ3) is 3.75. The molecule has 0 unspecified atom stereocenters. The van der Waals surface area contributed by atoms with Crippen LogP contribution < -0.4 is 10.2 Å². The second-order valence-corrected chi connectivity index (χ2v) is 7.19. The maximum atomic E-state index is 13.2. The predicted octanol–water partition coefficient (Wildman–Crippen LogP) is 5.04. The number of benzene rings is 2. The number of ether oxygens (including phenoxy) is 1. The van der Waals surface area contributed by atoms with Gasteiger partial charge < -0.3 is 9.15 Å². The fraction of sp³-hybridized carbons (Fsp3) is 0.0870. The zero-order valence-corrected chi connectivity index (χ0v) is 17.1. The summed E-state index contributed by atoms with van der Waals surface area (Å²) in [6.07, 6.45) is -2.00. The van der Waals surface area contributed by atoms with Gasteiger partial charge in [-0.25, -0.2) is 9.36 Å². The fourth-order valence-electron chi connectivity index (χ4n) is 3.52. The van der Waals surface area contributed by atoms with E-state index in [1.807, 2.05) is 30.3 Å². The van der Waals surface area contributed by atoms with E-state index in [9.17, 15) is 18.0 Å². The van der Waals surface area contributed by atoms with Crippen molar-refractivity contribution in [2.75, 3.05) is 0 Å². The normalized spacial score (nSPS) is 11.8. The molecule has 0 radical (unpaired) electrons. The van der Waals surface area contributed by atoms with Crippen molar-refractivity contribution in [3.05, 3.63) is 88.9 Å². The van der Waals surface area contributed by atoms with Gasteiger partial charge >= 0.3 is 6.36 Å². The summed E-state index contributed by atoms with van der Waals surface area (Å²) in [5.41, 5.74) is 1.54. The van der Waals surface area contributed by atoms with Crippen LogP contribution in [0.4, 0.5) is 13.2 Å². The van der Waals surface area contributed by atoms with Crippen LogP contribution in [-0.4, -0.2) is 25.9 Å². The monoisotopic (exact) mass is 452 g/mol. The molecule has 0 spiro atoms. The zero-order valence-electron chi connectivity index (χ0n) is 17.1. The average molecular weight is 452 g/mol. The van der Waals surface area contributed by atoms with E-state index in [1.165, 1.54) is 42.3 Å². The lowest BCUT2D eigenvalue weighted by molar-refractivity contribution is -0.274. The molecule has 0 aliphatic heterocycles. The summed E-state index contributed by atoms with van der Waals surface area (Å²) in [5.74, 6) is -0.368. The number of para-hydroxylation sites is 1. The Morgan fingerprint density at radius 3 is 2.52 bits per heavy atom. The average Bonchev–Trinajstić information content (AvgIpc) is 3.46. The van der Waals surface area contributed by atoms with Crippen molar-refractivity contribution in [2.45, 2.75) is 13.3 Å². The van der Waals surface area contributed by atoms with Gasteiger partial charge in [0.15, 0.2) is 5.69 Å². The van der Waals surface area contributed by atoms with Crippen LogP contribution in [0.15, 0.2) is 82.3 Å². The van der Waals surface area contributed by atoms with Gasteiger partial charge in [-0.1, -0.05) is 24.3 Å². The van der Waals surface area contributed by atoms with E-state index in [2.05, 4.69) is 14.9 Å². The minimum atomic E-state index is -4.85.